The van der Waals surface area contributed by atoms with Crippen molar-refractivity contribution in [3.05, 3.63) is 83.9 Å². The Morgan fingerprint density at radius 1 is 0.667 bits per heavy atom. The van der Waals surface area contributed by atoms with Crippen LogP contribution in [0.3, 0.4) is 0 Å². The van der Waals surface area contributed by atoms with E-state index in [4.69, 9.17) is 4.42 Å². The van der Waals surface area contributed by atoms with Gasteiger partial charge >= 0.3 is 0 Å². The summed E-state index contributed by atoms with van der Waals surface area (Å²) in [5, 5.41) is 12.7. The van der Waals surface area contributed by atoms with Crippen molar-refractivity contribution in [3.63, 3.8) is 0 Å². The maximum atomic E-state index is 10.5. The second-order valence-electron chi connectivity index (χ2n) is 5.17. The maximum Gasteiger partial charge on any atom is 0.135 e. The van der Waals surface area contributed by atoms with Gasteiger partial charge in [0, 0.05) is 10.8 Å². The van der Waals surface area contributed by atoms with Gasteiger partial charge in [-0.2, -0.15) is 0 Å². The molecule has 0 fully saturated rings. The van der Waals surface area contributed by atoms with Crippen LogP contribution in [0.1, 0.15) is 17.2 Å². The van der Waals surface area contributed by atoms with Crippen molar-refractivity contribution in [1.82, 2.24) is 0 Å². The Morgan fingerprint density at radius 2 is 1.38 bits per heavy atom. The molecule has 1 heterocycles. The molecule has 102 valence electrons. The lowest BCUT2D eigenvalue weighted by atomic mass is 10.0. The molecule has 3 aromatic carbocycles. The van der Waals surface area contributed by atoms with E-state index in [1.807, 2.05) is 66.7 Å². The summed E-state index contributed by atoms with van der Waals surface area (Å²) in [4.78, 5) is 0. The zero-order valence-electron chi connectivity index (χ0n) is 11.4. The van der Waals surface area contributed by atoms with E-state index < -0.39 is 6.10 Å². The summed E-state index contributed by atoms with van der Waals surface area (Å²) in [6.45, 7) is 0. The van der Waals surface area contributed by atoms with E-state index in [0.29, 0.717) is 0 Å². The van der Waals surface area contributed by atoms with Crippen LogP contribution in [-0.2, 0) is 0 Å². The summed E-state index contributed by atoms with van der Waals surface area (Å²) in [5.41, 5.74) is 3.41. The molecule has 0 saturated carbocycles. The van der Waals surface area contributed by atoms with Crippen LogP contribution in [0, 0.1) is 0 Å². The predicted molar refractivity (Wildman–Crippen MR) is 84.2 cm³/mol. The number of rotatable bonds is 2. The van der Waals surface area contributed by atoms with Crippen LogP contribution in [0.4, 0.5) is 0 Å². The second kappa shape index (κ2) is 4.76. The van der Waals surface area contributed by atoms with Gasteiger partial charge in [0.1, 0.15) is 17.3 Å². The van der Waals surface area contributed by atoms with Crippen LogP contribution in [0.15, 0.2) is 77.2 Å². The summed E-state index contributed by atoms with van der Waals surface area (Å²) in [6.07, 6.45) is -0.635. The highest BCUT2D eigenvalue weighted by Gasteiger charge is 2.13. The highest BCUT2D eigenvalue weighted by atomic mass is 16.3. The van der Waals surface area contributed by atoms with E-state index in [1.54, 1.807) is 0 Å². The van der Waals surface area contributed by atoms with Gasteiger partial charge in [-0.3, -0.25) is 0 Å². The minimum absolute atomic E-state index is 0.635. The molecule has 21 heavy (non-hydrogen) atoms. The van der Waals surface area contributed by atoms with Crippen LogP contribution in [0.25, 0.3) is 21.9 Å². The fourth-order valence-corrected chi connectivity index (χ4v) is 2.74. The Kier molecular flexibility index (Phi) is 2.76. The quantitative estimate of drug-likeness (QED) is 0.576. The topological polar surface area (TPSA) is 33.4 Å². The van der Waals surface area contributed by atoms with Crippen molar-refractivity contribution in [2.24, 2.45) is 0 Å². The van der Waals surface area contributed by atoms with Gasteiger partial charge in [0.15, 0.2) is 0 Å². The molecular weight excluding hydrogens is 260 g/mol. The van der Waals surface area contributed by atoms with E-state index in [0.717, 1.165) is 33.1 Å². The van der Waals surface area contributed by atoms with Crippen molar-refractivity contribution in [3.8, 4) is 0 Å². The van der Waals surface area contributed by atoms with Crippen molar-refractivity contribution in [2.75, 3.05) is 0 Å². The first-order valence-corrected chi connectivity index (χ1v) is 6.97. The van der Waals surface area contributed by atoms with Crippen LogP contribution >= 0.6 is 0 Å². The van der Waals surface area contributed by atoms with Gasteiger partial charge in [-0.15, -0.1) is 0 Å². The zero-order valence-corrected chi connectivity index (χ0v) is 11.4. The Balaban J connectivity index is 1.85. The number of benzene rings is 3. The van der Waals surface area contributed by atoms with E-state index in [-0.39, 0.29) is 0 Å². The third-order valence-corrected chi connectivity index (χ3v) is 3.83. The molecule has 0 aliphatic carbocycles. The molecular formula is C19H14O2. The van der Waals surface area contributed by atoms with Gasteiger partial charge in [-0.25, -0.2) is 0 Å². The first-order valence-electron chi connectivity index (χ1n) is 6.97. The standard InChI is InChI=1S/C19H14O2/c20-19(13-6-2-1-3-7-13)14-10-11-16-15-8-4-5-9-17(15)21-18(16)12-14/h1-12,19-20H/t19-/m0/s1. The SMILES string of the molecule is O[C@@H](c1ccccc1)c1ccc2c(c1)oc1ccccc12. The Bertz CT molecular complexity index is 907. The average molecular weight is 274 g/mol. The Morgan fingerprint density at radius 3 is 2.24 bits per heavy atom. The van der Waals surface area contributed by atoms with Gasteiger partial charge in [-0.1, -0.05) is 60.7 Å². The van der Waals surface area contributed by atoms with Gasteiger partial charge in [0.2, 0.25) is 0 Å². The predicted octanol–water partition coefficient (Wildman–Crippen LogP) is 4.67. The molecule has 0 aliphatic rings. The van der Waals surface area contributed by atoms with Gasteiger partial charge in [-0.05, 0) is 23.3 Å². The summed E-state index contributed by atoms with van der Waals surface area (Å²) in [7, 11) is 0. The molecule has 4 rings (SSSR count). The maximum absolute atomic E-state index is 10.5. The average Bonchev–Trinajstić information content (AvgIpc) is 2.92. The smallest absolute Gasteiger partial charge is 0.135 e. The van der Waals surface area contributed by atoms with Crippen LogP contribution < -0.4 is 0 Å². The minimum Gasteiger partial charge on any atom is -0.456 e. The van der Waals surface area contributed by atoms with E-state index in [9.17, 15) is 5.11 Å². The van der Waals surface area contributed by atoms with Crippen molar-refractivity contribution >= 4 is 21.9 Å². The largest absolute Gasteiger partial charge is 0.456 e. The van der Waals surface area contributed by atoms with E-state index in [2.05, 4.69) is 6.07 Å². The minimum atomic E-state index is -0.635. The molecule has 1 atom stereocenters. The molecule has 1 N–H and O–H groups in total. The number of aliphatic hydroxyl groups is 1. The lowest BCUT2D eigenvalue weighted by Gasteiger charge is -2.11. The summed E-state index contributed by atoms with van der Waals surface area (Å²) in [5.74, 6) is 0. The molecule has 0 bridgehead atoms. The second-order valence-corrected chi connectivity index (χ2v) is 5.17. The van der Waals surface area contributed by atoms with E-state index >= 15 is 0 Å². The first-order chi connectivity index (χ1) is 10.3. The van der Waals surface area contributed by atoms with Crippen molar-refractivity contribution < 1.29 is 9.52 Å². The lowest BCUT2D eigenvalue weighted by Crippen LogP contribution is -1.98. The Hall–Kier alpha value is -2.58. The molecule has 1 aromatic heterocycles. The third kappa shape index (κ3) is 2.01. The molecule has 2 heteroatoms. The fourth-order valence-electron chi connectivity index (χ4n) is 2.74. The molecule has 2 nitrogen and oxygen atoms in total. The molecule has 0 amide bonds. The van der Waals surface area contributed by atoms with E-state index in [1.165, 1.54) is 0 Å². The highest BCUT2D eigenvalue weighted by Crippen LogP contribution is 2.31. The van der Waals surface area contributed by atoms with Crippen LogP contribution in [0.2, 0.25) is 0 Å². The first kappa shape index (κ1) is 12.2. The zero-order chi connectivity index (χ0) is 14.2. The molecule has 4 aromatic rings. The van der Waals surface area contributed by atoms with Crippen LogP contribution in [0.5, 0.6) is 0 Å². The molecule has 0 spiro atoms. The summed E-state index contributed by atoms with van der Waals surface area (Å²) >= 11 is 0. The number of aliphatic hydroxyl groups excluding tert-OH is 1. The molecule has 0 unspecified atom stereocenters. The number of hydrogen-bond donors (Lipinski definition) is 1. The molecule has 0 radical (unpaired) electrons. The van der Waals surface area contributed by atoms with Crippen LogP contribution in [-0.4, -0.2) is 5.11 Å². The summed E-state index contributed by atoms with van der Waals surface area (Å²) in [6, 6.07) is 23.5. The Labute approximate surface area is 122 Å². The summed E-state index contributed by atoms with van der Waals surface area (Å²) < 4.78 is 5.87. The number of furan rings is 1. The fraction of sp³-hybridized carbons (Fsp3) is 0.0526. The highest BCUT2D eigenvalue weighted by molar-refractivity contribution is 6.04. The van der Waals surface area contributed by atoms with Crippen molar-refractivity contribution in [1.29, 1.82) is 0 Å². The molecule has 0 saturated heterocycles. The monoisotopic (exact) mass is 274 g/mol. The normalized spacial score (nSPS) is 12.8. The third-order valence-electron chi connectivity index (χ3n) is 3.83. The number of fused-ring (bicyclic) bond motifs is 3. The van der Waals surface area contributed by atoms with Gasteiger partial charge < -0.3 is 9.52 Å². The number of hydrogen-bond acceptors (Lipinski definition) is 2. The van der Waals surface area contributed by atoms with Gasteiger partial charge in [0.05, 0.1) is 0 Å². The number of para-hydroxylation sites is 1. The lowest BCUT2D eigenvalue weighted by molar-refractivity contribution is 0.220. The molecule has 0 aliphatic heterocycles. The van der Waals surface area contributed by atoms with Gasteiger partial charge in [0.25, 0.3) is 0 Å². The van der Waals surface area contributed by atoms with Crippen molar-refractivity contribution in [2.45, 2.75) is 6.10 Å².